The number of hydrogen-bond donors (Lipinski definition) is 3. The lowest BCUT2D eigenvalue weighted by molar-refractivity contribution is -0.119. The minimum atomic E-state index is -0.0699. The van der Waals surface area contributed by atoms with Crippen LogP contribution in [-0.2, 0) is 22.5 Å². The van der Waals surface area contributed by atoms with E-state index in [-0.39, 0.29) is 42.5 Å². The molecule has 0 spiro atoms. The Balaban J connectivity index is 0.00000363. The summed E-state index contributed by atoms with van der Waals surface area (Å²) in [5, 5.41) is 9.24. The number of hydrogen-bond acceptors (Lipinski definition) is 4. The molecule has 0 bridgehead atoms. The largest absolute Gasteiger partial charge is 0.488 e. The number of halogens is 1. The van der Waals surface area contributed by atoms with Gasteiger partial charge in [0, 0.05) is 32.1 Å². The number of nitrogens with zero attached hydrogens (tertiary/aromatic N) is 1. The van der Waals surface area contributed by atoms with Crippen molar-refractivity contribution in [3.8, 4) is 5.75 Å². The fraction of sp³-hybridized carbons (Fsp3) is 0.417. The number of carbonyl (C=O) groups is 1. The van der Waals surface area contributed by atoms with Gasteiger partial charge in [-0.2, -0.15) is 0 Å². The Bertz CT molecular complexity index is 871. The number of benzene rings is 2. The van der Waals surface area contributed by atoms with Crippen LogP contribution in [0.25, 0.3) is 0 Å². The lowest BCUT2D eigenvalue weighted by atomic mass is 10.1. The Hall–Kier alpha value is -2.33. The van der Waals surface area contributed by atoms with Crippen molar-refractivity contribution in [2.45, 2.75) is 32.4 Å². The van der Waals surface area contributed by atoms with Crippen LogP contribution in [0, 0.1) is 6.92 Å². The van der Waals surface area contributed by atoms with E-state index in [2.05, 4.69) is 45.2 Å². The van der Waals surface area contributed by atoms with Gasteiger partial charge in [0.2, 0.25) is 5.91 Å². The molecule has 0 aromatic heterocycles. The molecule has 1 fully saturated rings. The van der Waals surface area contributed by atoms with E-state index in [1.165, 1.54) is 5.56 Å². The summed E-state index contributed by atoms with van der Waals surface area (Å²) in [5.74, 6) is 1.35. The van der Waals surface area contributed by atoms with Crippen molar-refractivity contribution in [1.29, 1.82) is 0 Å². The maximum atomic E-state index is 12.1. The molecular formula is C24H33IN4O3. The van der Waals surface area contributed by atoms with Crippen molar-refractivity contribution in [3.63, 3.8) is 0 Å². The maximum absolute atomic E-state index is 12.1. The van der Waals surface area contributed by atoms with Gasteiger partial charge in [0.1, 0.15) is 11.9 Å². The van der Waals surface area contributed by atoms with Crippen LogP contribution in [-0.4, -0.2) is 51.3 Å². The minimum absolute atomic E-state index is 0. The molecule has 0 aliphatic carbocycles. The van der Waals surface area contributed by atoms with Gasteiger partial charge in [0.15, 0.2) is 5.96 Å². The van der Waals surface area contributed by atoms with Gasteiger partial charge in [-0.1, -0.05) is 42.5 Å². The highest BCUT2D eigenvalue weighted by Gasteiger charge is 2.18. The Morgan fingerprint density at radius 2 is 1.97 bits per heavy atom. The van der Waals surface area contributed by atoms with Crippen LogP contribution >= 0.6 is 24.0 Å². The number of carbonyl (C=O) groups excluding carboxylic acids is 1. The average Bonchev–Trinajstić information content (AvgIpc) is 3.29. The topological polar surface area (TPSA) is 84.0 Å². The number of rotatable bonds is 9. The molecule has 1 aliphatic rings. The lowest BCUT2D eigenvalue weighted by Gasteiger charge is -2.18. The van der Waals surface area contributed by atoms with Crippen molar-refractivity contribution in [3.05, 3.63) is 65.2 Å². The first-order valence-corrected chi connectivity index (χ1v) is 10.7. The molecule has 3 N–H and O–H groups in total. The lowest BCUT2D eigenvalue weighted by Crippen LogP contribution is -2.43. The fourth-order valence-corrected chi connectivity index (χ4v) is 3.32. The molecule has 1 aliphatic heterocycles. The van der Waals surface area contributed by atoms with Crippen LogP contribution in [0.5, 0.6) is 5.75 Å². The molecule has 1 saturated heterocycles. The molecular weight excluding hydrogens is 519 g/mol. The predicted octanol–water partition coefficient (Wildman–Crippen LogP) is 2.80. The SMILES string of the molecule is CN=C(NCC(=O)NCCc1ccccc1)NCc1ccc(C)cc1OC1CCOC1.I. The van der Waals surface area contributed by atoms with Crippen molar-refractivity contribution in [2.75, 3.05) is 33.4 Å². The molecule has 174 valence electrons. The van der Waals surface area contributed by atoms with Gasteiger partial charge < -0.3 is 25.4 Å². The Morgan fingerprint density at radius 1 is 1.16 bits per heavy atom. The van der Waals surface area contributed by atoms with Gasteiger partial charge in [0.05, 0.1) is 19.8 Å². The van der Waals surface area contributed by atoms with E-state index < -0.39 is 0 Å². The summed E-state index contributed by atoms with van der Waals surface area (Å²) in [4.78, 5) is 16.3. The van der Waals surface area contributed by atoms with Gasteiger partial charge >= 0.3 is 0 Å². The second-order valence-electron chi connectivity index (χ2n) is 7.58. The van der Waals surface area contributed by atoms with Crippen LogP contribution in [0.2, 0.25) is 0 Å². The first kappa shape index (κ1) is 25.9. The normalized spacial score (nSPS) is 15.6. The second-order valence-corrected chi connectivity index (χ2v) is 7.58. The second kappa shape index (κ2) is 13.9. The van der Waals surface area contributed by atoms with Gasteiger partial charge in [-0.25, -0.2) is 0 Å². The van der Waals surface area contributed by atoms with E-state index in [1.54, 1.807) is 7.05 Å². The Labute approximate surface area is 207 Å². The van der Waals surface area contributed by atoms with Gasteiger partial charge in [-0.15, -0.1) is 24.0 Å². The minimum Gasteiger partial charge on any atom is -0.488 e. The molecule has 0 radical (unpaired) electrons. The summed E-state index contributed by atoms with van der Waals surface area (Å²) >= 11 is 0. The summed E-state index contributed by atoms with van der Waals surface area (Å²) in [5.41, 5.74) is 3.38. The number of aliphatic imine (C=N–C) groups is 1. The first-order chi connectivity index (χ1) is 15.1. The maximum Gasteiger partial charge on any atom is 0.239 e. The van der Waals surface area contributed by atoms with E-state index in [4.69, 9.17) is 9.47 Å². The smallest absolute Gasteiger partial charge is 0.239 e. The molecule has 1 unspecified atom stereocenters. The molecule has 1 heterocycles. The monoisotopic (exact) mass is 552 g/mol. The molecule has 8 heteroatoms. The fourth-order valence-electron chi connectivity index (χ4n) is 3.32. The number of aryl methyl sites for hydroxylation is 1. The van der Waals surface area contributed by atoms with E-state index in [9.17, 15) is 4.79 Å². The van der Waals surface area contributed by atoms with Gasteiger partial charge in [-0.05, 0) is 30.5 Å². The van der Waals surface area contributed by atoms with E-state index >= 15 is 0 Å². The van der Waals surface area contributed by atoms with Crippen molar-refractivity contribution in [2.24, 2.45) is 4.99 Å². The van der Waals surface area contributed by atoms with Crippen LogP contribution in [0.3, 0.4) is 0 Å². The summed E-state index contributed by atoms with van der Waals surface area (Å²) in [7, 11) is 1.69. The Morgan fingerprint density at radius 3 is 2.69 bits per heavy atom. The quantitative estimate of drug-likeness (QED) is 0.253. The van der Waals surface area contributed by atoms with Crippen LogP contribution in [0.1, 0.15) is 23.1 Å². The highest BCUT2D eigenvalue weighted by atomic mass is 127. The van der Waals surface area contributed by atoms with E-state index in [1.807, 2.05) is 31.2 Å². The molecule has 1 atom stereocenters. The number of guanidine groups is 1. The zero-order valence-corrected chi connectivity index (χ0v) is 21.1. The molecule has 2 aromatic carbocycles. The molecule has 0 saturated carbocycles. The Kier molecular flexibility index (Phi) is 11.3. The first-order valence-electron chi connectivity index (χ1n) is 10.7. The van der Waals surface area contributed by atoms with Crippen molar-refractivity contribution < 1.29 is 14.3 Å². The average molecular weight is 552 g/mol. The molecule has 1 amide bonds. The van der Waals surface area contributed by atoms with Gasteiger partial charge in [0.25, 0.3) is 0 Å². The van der Waals surface area contributed by atoms with Gasteiger partial charge in [-0.3, -0.25) is 9.79 Å². The molecule has 7 nitrogen and oxygen atoms in total. The highest BCUT2D eigenvalue weighted by Crippen LogP contribution is 2.23. The molecule has 3 rings (SSSR count). The number of amides is 1. The van der Waals surface area contributed by atoms with E-state index in [0.29, 0.717) is 25.7 Å². The summed E-state index contributed by atoms with van der Waals surface area (Å²) < 4.78 is 11.6. The third-order valence-electron chi connectivity index (χ3n) is 5.07. The van der Waals surface area contributed by atoms with Crippen LogP contribution < -0.4 is 20.7 Å². The standard InChI is InChI=1S/C24H32N4O3.HI/c1-18-8-9-20(22(14-18)31-21-11-13-30-17-21)15-27-24(25-2)28-16-23(29)26-12-10-19-6-4-3-5-7-19;/h3-9,14,21H,10-13,15-17H2,1-2H3,(H,26,29)(H2,25,27,28);1H. The summed E-state index contributed by atoms with van der Waals surface area (Å²) in [6.45, 7) is 4.72. The van der Waals surface area contributed by atoms with Crippen LogP contribution in [0.15, 0.2) is 53.5 Å². The zero-order valence-electron chi connectivity index (χ0n) is 18.7. The number of ether oxygens (including phenoxy) is 2. The van der Waals surface area contributed by atoms with Crippen LogP contribution in [0.4, 0.5) is 0 Å². The third-order valence-corrected chi connectivity index (χ3v) is 5.07. The van der Waals surface area contributed by atoms with Crippen molar-refractivity contribution in [1.82, 2.24) is 16.0 Å². The molecule has 2 aromatic rings. The third kappa shape index (κ3) is 8.66. The molecule has 32 heavy (non-hydrogen) atoms. The van der Waals surface area contributed by atoms with Crippen molar-refractivity contribution >= 4 is 35.8 Å². The number of nitrogens with one attached hydrogen (secondary N) is 3. The zero-order chi connectivity index (χ0) is 21.9. The van der Waals surface area contributed by atoms with E-state index in [0.717, 1.165) is 36.3 Å². The highest BCUT2D eigenvalue weighted by molar-refractivity contribution is 14.0. The summed E-state index contributed by atoms with van der Waals surface area (Å²) in [6.07, 6.45) is 1.81. The summed E-state index contributed by atoms with van der Waals surface area (Å²) in [6, 6.07) is 16.3. The predicted molar refractivity (Wildman–Crippen MR) is 138 cm³/mol.